The lowest BCUT2D eigenvalue weighted by atomic mass is 10.2. The fraction of sp³-hybridized carbons (Fsp3) is 0.400. The largest absolute Gasteiger partial charge is 0.377 e. The Hall–Kier alpha value is -0.820. The molecule has 1 nitrogen and oxygen atoms in total. The minimum atomic E-state index is 0.725. The molecule has 0 aromatic heterocycles. The van der Waals surface area contributed by atoms with Crippen LogP contribution in [0.15, 0.2) is 24.3 Å². The van der Waals surface area contributed by atoms with Crippen LogP contribution in [0.1, 0.15) is 18.9 Å². The molecule has 0 unspecified atom stereocenters. The fourth-order valence-electron chi connectivity index (χ4n) is 0.852. The summed E-state index contributed by atoms with van der Waals surface area (Å²) in [6, 6.07) is 10.8. The van der Waals surface area contributed by atoms with E-state index in [-0.39, 0.29) is 0 Å². The summed E-state index contributed by atoms with van der Waals surface area (Å²) in [7, 11) is 0. The number of benzene rings is 1. The highest BCUT2D eigenvalue weighted by molar-refractivity contribution is 5.12. The normalized spacial score (nSPS) is 9.91. The lowest BCUT2D eigenvalue weighted by Gasteiger charge is -2.00. The molecule has 1 aromatic rings. The van der Waals surface area contributed by atoms with E-state index in [0.717, 1.165) is 19.6 Å². The number of rotatable bonds is 4. The highest BCUT2D eigenvalue weighted by Gasteiger charge is 1.88. The van der Waals surface area contributed by atoms with E-state index in [1.54, 1.807) is 0 Å². The molecule has 1 aromatic carbocycles. The molecule has 1 rings (SSSR count). The van der Waals surface area contributed by atoms with Crippen LogP contribution < -0.4 is 0 Å². The Morgan fingerprint density at radius 1 is 1.36 bits per heavy atom. The molecule has 0 aliphatic carbocycles. The molecule has 0 bridgehead atoms. The molecule has 0 atom stereocenters. The molecule has 1 radical (unpaired) electrons. The van der Waals surface area contributed by atoms with Crippen LogP contribution in [-0.2, 0) is 11.3 Å². The predicted octanol–water partition coefficient (Wildman–Crippen LogP) is 2.41. The van der Waals surface area contributed by atoms with Gasteiger partial charge < -0.3 is 4.74 Å². The molecule has 1 heteroatoms. The van der Waals surface area contributed by atoms with Crippen molar-refractivity contribution < 1.29 is 4.74 Å². The second-order valence-corrected chi connectivity index (χ2v) is 2.46. The molecule has 11 heavy (non-hydrogen) atoms. The maximum atomic E-state index is 5.35. The van der Waals surface area contributed by atoms with E-state index < -0.39 is 0 Å². The smallest absolute Gasteiger partial charge is 0.0716 e. The first-order valence-electron chi connectivity index (χ1n) is 3.96. The maximum Gasteiger partial charge on any atom is 0.0716 e. The Kier molecular flexibility index (Phi) is 3.70. The highest BCUT2D eigenvalue weighted by Crippen LogP contribution is 1.99. The van der Waals surface area contributed by atoms with Crippen molar-refractivity contribution in [3.8, 4) is 0 Å². The molecule has 0 saturated carbocycles. The van der Waals surface area contributed by atoms with E-state index in [1.807, 2.05) is 24.3 Å². The Morgan fingerprint density at radius 3 is 2.73 bits per heavy atom. The average Bonchev–Trinajstić information content (AvgIpc) is 2.07. The summed E-state index contributed by atoms with van der Waals surface area (Å²) in [4.78, 5) is 0. The van der Waals surface area contributed by atoms with Gasteiger partial charge in [0.25, 0.3) is 0 Å². The van der Waals surface area contributed by atoms with Gasteiger partial charge in [-0.05, 0) is 18.1 Å². The third-order valence-corrected chi connectivity index (χ3v) is 1.40. The third kappa shape index (κ3) is 3.19. The quantitative estimate of drug-likeness (QED) is 0.597. The van der Waals surface area contributed by atoms with Crippen molar-refractivity contribution in [1.29, 1.82) is 0 Å². The van der Waals surface area contributed by atoms with Gasteiger partial charge in [-0.1, -0.05) is 31.2 Å². The topological polar surface area (TPSA) is 9.23 Å². The van der Waals surface area contributed by atoms with Gasteiger partial charge in [-0.15, -0.1) is 0 Å². The first kappa shape index (κ1) is 8.28. The Morgan fingerprint density at radius 2 is 2.09 bits per heavy atom. The summed E-state index contributed by atoms with van der Waals surface area (Å²) in [6.45, 7) is 3.68. The molecule has 0 aliphatic rings. The van der Waals surface area contributed by atoms with Gasteiger partial charge in [0.1, 0.15) is 0 Å². The zero-order valence-electron chi connectivity index (χ0n) is 6.84. The first-order chi connectivity index (χ1) is 5.43. The second kappa shape index (κ2) is 4.91. The maximum absolute atomic E-state index is 5.35. The second-order valence-electron chi connectivity index (χ2n) is 2.46. The first-order valence-corrected chi connectivity index (χ1v) is 3.96. The SMILES string of the molecule is CCCOCc1cc[c]cc1. The van der Waals surface area contributed by atoms with Crippen LogP contribution in [0.5, 0.6) is 0 Å². The average molecular weight is 149 g/mol. The fourth-order valence-corrected chi connectivity index (χ4v) is 0.852. The monoisotopic (exact) mass is 149 g/mol. The van der Waals surface area contributed by atoms with Crippen molar-refractivity contribution in [2.45, 2.75) is 20.0 Å². The minimum Gasteiger partial charge on any atom is -0.377 e. The zero-order chi connectivity index (χ0) is 7.94. The molecule has 0 aliphatic heterocycles. The molecule has 0 fully saturated rings. The van der Waals surface area contributed by atoms with Gasteiger partial charge in [0, 0.05) is 6.61 Å². The summed E-state index contributed by atoms with van der Waals surface area (Å²) in [5, 5.41) is 0. The Bertz CT molecular complexity index is 181. The lowest BCUT2D eigenvalue weighted by molar-refractivity contribution is 0.121. The standard InChI is InChI=1S/C10H13O/c1-2-8-11-9-10-6-4-3-5-7-10/h4-7H,2,8-9H2,1H3. The van der Waals surface area contributed by atoms with Crippen LogP contribution in [0.25, 0.3) is 0 Å². The summed E-state index contributed by atoms with van der Waals surface area (Å²) in [5.41, 5.74) is 1.22. The molecule has 0 heterocycles. The van der Waals surface area contributed by atoms with Crippen molar-refractivity contribution >= 4 is 0 Å². The van der Waals surface area contributed by atoms with Crippen molar-refractivity contribution in [2.24, 2.45) is 0 Å². The summed E-state index contributed by atoms with van der Waals surface area (Å²) in [6.07, 6.45) is 1.08. The van der Waals surface area contributed by atoms with Crippen molar-refractivity contribution in [1.82, 2.24) is 0 Å². The van der Waals surface area contributed by atoms with Crippen LogP contribution in [0.2, 0.25) is 0 Å². The van der Waals surface area contributed by atoms with Crippen LogP contribution in [-0.4, -0.2) is 6.61 Å². The molecule has 0 amide bonds. The van der Waals surface area contributed by atoms with Crippen molar-refractivity contribution in [3.05, 3.63) is 35.9 Å². The Labute approximate surface area is 68.0 Å². The molecule has 0 N–H and O–H groups in total. The molecule has 0 saturated heterocycles. The van der Waals surface area contributed by atoms with Crippen LogP contribution in [0.3, 0.4) is 0 Å². The predicted molar refractivity (Wildman–Crippen MR) is 45.2 cm³/mol. The van der Waals surface area contributed by atoms with E-state index in [1.165, 1.54) is 5.56 Å². The number of hydrogen-bond acceptors (Lipinski definition) is 1. The van der Waals surface area contributed by atoms with E-state index >= 15 is 0 Å². The van der Waals surface area contributed by atoms with Crippen LogP contribution >= 0.6 is 0 Å². The van der Waals surface area contributed by atoms with Crippen LogP contribution in [0.4, 0.5) is 0 Å². The van der Waals surface area contributed by atoms with Gasteiger partial charge in [-0.2, -0.15) is 0 Å². The van der Waals surface area contributed by atoms with Crippen LogP contribution in [0, 0.1) is 6.07 Å². The summed E-state index contributed by atoms with van der Waals surface area (Å²) < 4.78 is 5.35. The molecule has 0 spiro atoms. The van der Waals surface area contributed by atoms with E-state index in [4.69, 9.17) is 4.74 Å². The van der Waals surface area contributed by atoms with Gasteiger partial charge in [0.2, 0.25) is 0 Å². The molecular weight excluding hydrogens is 136 g/mol. The highest BCUT2D eigenvalue weighted by atomic mass is 16.5. The van der Waals surface area contributed by atoms with Gasteiger partial charge in [0.05, 0.1) is 6.61 Å². The zero-order valence-corrected chi connectivity index (χ0v) is 6.84. The minimum absolute atomic E-state index is 0.725. The van der Waals surface area contributed by atoms with Gasteiger partial charge in [-0.3, -0.25) is 0 Å². The number of ether oxygens (including phenoxy) is 1. The van der Waals surface area contributed by atoms with Crippen molar-refractivity contribution in [3.63, 3.8) is 0 Å². The lowest BCUT2D eigenvalue weighted by Crippen LogP contribution is -1.92. The van der Waals surface area contributed by atoms with Gasteiger partial charge in [0.15, 0.2) is 0 Å². The third-order valence-electron chi connectivity index (χ3n) is 1.40. The summed E-state index contributed by atoms with van der Waals surface area (Å²) >= 11 is 0. The molecular formula is C10H13O. The van der Waals surface area contributed by atoms with Crippen molar-refractivity contribution in [2.75, 3.05) is 6.61 Å². The van der Waals surface area contributed by atoms with Gasteiger partial charge in [-0.25, -0.2) is 0 Å². The van der Waals surface area contributed by atoms with E-state index in [0.29, 0.717) is 0 Å². The summed E-state index contributed by atoms with van der Waals surface area (Å²) in [5.74, 6) is 0. The Balaban J connectivity index is 2.28. The molecule has 59 valence electrons. The number of hydrogen-bond donors (Lipinski definition) is 0. The van der Waals surface area contributed by atoms with E-state index in [2.05, 4.69) is 13.0 Å². The van der Waals surface area contributed by atoms with Gasteiger partial charge >= 0.3 is 0 Å². The van der Waals surface area contributed by atoms with E-state index in [9.17, 15) is 0 Å².